The molecule has 2 aliphatic heterocycles. The number of fused-ring (bicyclic) bond motifs is 2. The van der Waals surface area contributed by atoms with Gasteiger partial charge < -0.3 is 0 Å². The van der Waals surface area contributed by atoms with Crippen LogP contribution in [0.1, 0.15) is 42.9 Å². The molecule has 2 fully saturated rings. The van der Waals surface area contributed by atoms with E-state index in [0.717, 1.165) is 36.8 Å². The molecule has 1 aromatic carbocycles. The lowest BCUT2D eigenvalue weighted by molar-refractivity contribution is 0.174. The van der Waals surface area contributed by atoms with Crippen molar-refractivity contribution in [2.75, 3.05) is 0 Å². The van der Waals surface area contributed by atoms with Crippen LogP contribution in [0.4, 0.5) is 0 Å². The number of nitrogens with zero attached hydrogens (tertiary/aromatic N) is 4. The fourth-order valence-corrected chi connectivity index (χ4v) is 6.29. The van der Waals surface area contributed by atoms with Crippen molar-refractivity contribution in [3.8, 4) is 0 Å². The highest BCUT2D eigenvalue weighted by Crippen LogP contribution is 2.42. The summed E-state index contributed by atoms with van der Waals surface area (Å²) >= 11 is 0. The van der Waals surface area contributed by atoms with E-state index in [4.69, 9.17) is 0 Å². The molecule has 128 valence electrons. The molecule has 0 aliphatic carbocycles. The number of sulfonamides is 1. The van der Waals surface area contributed by atoms with E-state index in [1.54, 1.807) is 21.5 Å². The van der Waals surface area contributed by atoms with E-state index in [1.165, 1.54) is 0 Å². The van der Waals surface area contributed by atoms with Crippen LogP contribution >= 0.6 is 0 Å². The van der Waals surface area contributed by atoms with E-state index in [2.05, 4.69) is 10.2 Å². The molecule has 1 aromatic heterocycles. The fourth-order valence-electron chi connectivity index (χ4n) is 4.25. The van der Waals surface area contributed by atoms with Gasteiger partial charge in [0.25, 0.3) is 0 Å². The predicted molar refractivity (Wildman–Crippen MR) is 90.7 cm³/mol. The van der Waals surface area contributed by atoms with Crippen molar-refractivity contribution in [3.63, 3.8) is 0 Å². The van der Waals surface area contributed by atoms with Crippen LogP contribution in [0.3, 0.4) is 0 Å². The van der Waals surface area contributed by atoms with E-state index in [0.29, 0.717) is 0 Å². The first-order chi connectivity index (χ1) is 11.5. The Hall–Kier alpha value is -1.73. The van der Waals surface area contributed by atoms with Crippen molar-refractivity contribution in [3.05, 3.63) is 47.8 Å². The van der Waals surface area contributed by atoms with Gasteiger partial charge in [-0.1, -0.05) is 29.8 Å². The average Bonchev–Trinajstić information content (AvgIpc) is 3.14. The van der Waals surface area contributed by atoms with Crippen LogP contribution in [0.5, 0.6) is 0 Å². The Morgan fingerprint density at radius 1 is 1.08 bits per heavy atom. The second kappa shape index (κ2) is 5.97. The number of piperidine rings is 1. The Labute approximate surface area is 142 Å². The molecular weight excluding hydrogens is 324 g/mol. The smallest absolute Gasteiger partial charge is 0.212 e. The van der Waals surface area contributed by atoms with Crippen LogP contribution < -0.4 is 0 Å². The summed E-state index contributed by atoms with van der Waals surface area (Å²) in [5, 5.41) is 8.48. The van der Waals surface area contributed by atoms with Crippen LogP contribution in [-0.2, 0) is 15.8 Å². The van der Waals surface area contributed by atoms with Crippen LogP contribution in [-0.4, -0.2) is 39.8 Å². The van der Waals surface area contributed by atoms with Crippen molar-refractivity contribution in [2.24, 2.45) is 0 Å². The number of hydrogen-bond acceptors (Lipinski definition) is 4. The molecule has 2 atom stereocenters. The first-order valence-electron chi connectivity index (χ1n) is 8.45. The average molecular weight is 346 g/mol. The number of benzene rings is 1. The van der Waals surface area contributed by atoms with Crippen LogP contribution in [0.25, 0.3) is 0 Å². The molecule has 24 heavy (non-hydrogen) atoms. The van der Waals surface area contributed by atoms with Crippen LogP contribution in [0.2, 0.25) is 0 Å². The summed E-state index contributed by atoms with van der Waals surface area (Å²) in [5.41, 5.74) is 1.96. The molecule has 2 aliphatic rings. The second-order valence-electron chi connectivity index (χ2n) is 6.93. The van der Waals surface area contributed by atoms with Gasteiger partial charge in [-0.15, -0.1) is 0 Å². The van der Waals surface area contributed by atoms with Gasteiger partial charge in [-0.25, -0.2) is 8.42 Å². The van der Waals surface area contributed by atoms with Gasteiger partial charge in [0.15, 0.2) is 0 Å². The molecule has 3 heterocycles. The van der Waals surface area contributed by atoms with Crippen molar-refractivity contribution < 1.29 is 8.42 Å². The third-order valence-electron chi connectivity index (χ3n) is 5.16. The van der Waals surface area contributed by atoms with Gasteiger partial charge in [-0.05, 0) is 38.2 Å². The largest absolute Gasteiger partial charge is 0.218 e. The summed E-state index contributed by atoms with van der Waals surface area (Å²) in [7, 11) is -3.30. The Morgan fingerprint density at radius 3 is 2.38 bits per heavy atom. The maximum Gasteiger partial charge on any atom is 0.218 e. The van der Waals surface area contributed by atoms with Crippen molar-refractivity contribution in [2.45, 2.75) is 56.5 Å². The Kier molecular flexibility index (Phi) is 3.92. The zero-order valence-electron chi connectivity index (χ0n) is 13.7. The molecule has 7 heteroatoms. The summed E-state index contributed by atoms with van der Waals surface area (Å²) in [5.74, 6) is 0.0896. The molecule has 2 aromatic rings. The van der Waals surface area contributed by atoms with Gasteiger partial charge in [-0.2, -0.15) is 19.3 Å². The molecule has 2 saturated heterocycles. The number of aromatic nitrogens is 3. The Bertz CT molecular complexity index is 805. The molecule has 0 saturated carbocycles. The third kappa shape index (κ3) is 2.86. The number of hydrogen-bond donors (Lipinski definition) is 0. The van der Waals surface area contributed by atoms with E-state index in [1.807, 2.05) is 31.2 Å². The molecule has 0 radical (unpaired) electrons. The molecule has 4 rings (SSSR count). The second-order valence-corrected chi connectivity index (χ2v) is 8.81. The van der Waals surface area contributed by atoms with Gasteiger partial charge in [0.1, 0.15) is 0 Å². The summed E-state index contributed by atoms with van der Waals surface area (Å²) in [6, 6.07) is 8.13. The standard InChI is InChI=1S/C17H22N4O2S/c1-13-3-2-4-14(9-13)12-24(22,23)20-15-5-6-16(20)11-17(10-15)21-18-7-8-19-21/h2-4,7-9,15-17H,5-6,10-12H2,1H3. The van der Waals surface area contributed by atoms with Crippen LogP contribution in [0.15, 0.2) is 36.7 Å². The summed E-state index contributed by atoms with van der Waals surface area (Å²) in [6.07, 6.45) is 6.85. The van der Waals surface area contributed by atoms with E-state index < -0.39 is 10.0 Å². The van der Waals surface area contributed by atoms with Gasteiger partial charge in [0, 0.05) is 12.1 Å². The van der Waals surface area contributed by atoms with Gasteiger partial charge in [0.05, 0.1) is 24.2 Å². The highest BCUT2D eigenvalue weighted by Gasteiger charge is 2.47. The first kappa shape index (κ1) is 15.8. The quantitative estimate of drug-likeness (QED) is 0.852. The van der Waals surface area contributed by atoms with Gasteiger partial charge in [0.2, 0.25) is 10.0 Å². The molecule has 0 spiro atoms. The predicted octanol–water partition coefficient (Wildman–Crippen LogP) is 2.28. The molecular formula is C17H22N4O2S. The normalized spacial score (nSPS) is 27.5. The lowest BCUT2D eigenvalue weighted by Crippen LogP contribution is -2.47. The topological polar surface area (TPSA) is 68.1 Å². The first-order valence-corrected chi connectivity index (χ1v) is 10.1. The molecule has 0 amide bonds. The van der Waals surface area contributed by atoms with Crippen molar-refractivity contribution >= 4 is 10.0 Å². The Balaban J connectivity index is 1.54. The SMILES string of the molecule is Cc1cccc(CS(=O)(=O)N2C3CCC2CC(n2nccn2)C3)c1. The minimum absolute atomic E-state index is 0.0783. The van der Waals surface area contributed by atoms with Gasteiger partial charge in [-0.3, -0.25) is 0 Å². The third-order valence-corrected chi connectivity index (χ3v) is 7.09. The molecule has 6 nitrogen and oxygen atoms in total. The summed E-state index contributed by atoms with van der Waals surface area (Å²) in [4.78, 5) is 1.75. The minimum Gasteiger partial charge on any atom is -0.212 e. The van der Waals surface area contributed by atoms with E-state index >= 15 is 0 Å². The lowest BCUT2D eigenvalue weighted by atomic mass is 10.0. The van der Waals surface area contributed by atoms with Gasteiger partial charge >= 0.3 is 0 Å². The van der Waals surface area contributed by atoms with Crippen molar-refractivity contribution in [1.29, 1.82) is 0 Å². The Morgan fingerprint density at radius 2 is 1.75 bits per heavy atom. The summed E-state index contributed by atoms with van der Waals surface area (Å²) < 4.78 is 27.8. The van der Waals surface area contributed by atoms with Crippen molar-refractivity contribution in [1.82, 2.24) is 19.3 Å². The molecule has 2 unspecified atom stereocenters. The zero-order valence-corrected chi connectivity index (χ0v) is 14.6. The maximum absolute atomic E-state index is 13.0. The summed E-state index contributed by atoms with van der Waals surface area (Å²) in [6.45, 7) is 1.99. The van der Waals surface area contributed by atoms with E-state index in [9.17, 15) is 8.42 Å². The molecule has 0 N–H and O–H groups in total. The number of rotatable bonds is 4. The maximum atomic E-state index is 13.0. The van der Waals surface area contributed by atoms with Crippen LogP contribution in [0, 0.1) is 6.92 Å². The number of aryl methyl sites for hydroxylation is 1. The zero-order chi connectivity index (χ0) is 16.7. The fraction of sp³-hybridized carbons (Fsp3) is 0.529. The minimum atomic E-state index is -3.30. The van der Waals surface area contributed by atoms with E-state index in [-0.39, 0.29) is 23.9 Å². The lowest BCUT2D eigenvalue weighted by Gasteiger charge is -2.37. The monoisotopic (exact) mass is 346 g/mol. The molecule has 2 bridgehead atoms. The highest BCUT2D eigenvalue weighted by molar-refractivity contribution is 7.88. The highest BCUT2D eigenvalue weighted by atomic mass is 32.2.